The zero-order valence-corrected chi connectivity index (χ0v) is 20.8. The summed E-state index contributed by atoms with van der Waals surface area (Å²) in [6.07, 6.45) is 0. The third-order valence-corrected chi connectivity index (χ3v) is 7.80. The van der Waals surface area contributed by atoms with Gasteiger partial charge in [-0.1, -0.05) is 78.4 Å². The van der Waals surface area contributed by atoms with Gasteiger partial charge in [-0.3, -0.25) is 4.99 Å². The van der Waals surface area contributed by atoms with Crippen LogP contribution in [0, 0.1) is 6.92 Å². The molecule has 3 aromatic carbocycles. The number of nitrogens with zero attached hydrogens (tertiary/aromatic N) is 2. The molecule has 0 spiro atoms. The van der Waals surface area contributed by atoms with E-state index >= 15 is 0 Å². The van der Waals surface area contributed by atoms with E-state index < -0.39 is 28.5 Å². The van der Waals surface area contributed by atoms with Gasteiger partial charge in [-0.15, -0.1) is 0 Å². The topological polar surface area (TPSA) is 58.7 Å². The van der Waals surface area contributed by atoms with E-state index in [1.165, 1.54) is 0 Å². The second-order valence-electron chi connectivity index (χ2n) is 8.89. The first-order valence-electron chi connectivity index (χ1n) is 11.5. The van der Waals surface area contributed by atoms with Gasteiger partial charge in [-0.05, 0) is 39.8 Å². The number of benzene rings is 3. The second kappa shape index (κ2) is 10.0. The van der Waals surface area contributed by atoms with Crippen LogP contribution in [-0.2, 0) is 20.5 Å². The van der Waals surface area contributed by atoms with E-state index in [2.05, 4.69) is 0 Å². The lowest BCUT2D eigenvalue weighted by Crippen LogP contribution is -2.32. The molecule has 0 N–H and O–H groups in total. The van der Waals surface area contributed by atoms with Crippen LogP contribution in [0.2, 0.25) is 0 Å². The Morgan fingerprint density at radius 1 is 0.971 bits per heavy atom. The minimum Gasteiger partial charge on any atom is -0.464 e. The van der Waals surface area contributed by atoms with Crippen LogP contribution in [0.15, 0.2) is 94.8 Å². The van der Waals surface area contributed by atoms with E-state index in [-0.39, 0.29) is 12.6 Å². The van der Waals surface area contributed by atoms with Crippen molar-refractivity contribution in [2.24, 2.45) is 4.99 Å². The highest BCUT2D eigenvalue weighted by Gasteiger charge is 2.64. The van der Waals surface area contributed by atoms with Gasteiger partial charge in [0.05, 0.1) is 23.3 Å². The predicted molar refractivity (Wildman–Crippen MR) is 136 cm³/mol. The summed E-state index contributed by atoms with van der Waals surface area (Å²) in [4.78, 5) is 18.9. The highest BCUT2D eigenvalue weighted by atomic mass is 32.2. The summed E-state index contributed by atoms with van der Waals surface area (Å²) in [6.45, 7) is 8.03. The predicted octanol–water partition coefficient (Wildman–Crippen LogP) is 4.95. The lowest BCUT2D eigenvalue weighted by atomic mass is 10.00. The second-order valence-corrected chi connectivity index (χ2v) is 10.3. The molecule has 1 fully saturated rings. The summed E-state index contributed by atoms with van der Waals surface area (Å²) in [5.74, 6) is -0.409. The number of aliphatic imine (C=N–C) groups is 1. The Morgan fingerprint density at radius 3 is 2.00 bits per heavy atom. The molecule has 0 aromatic heterocycles. The zero-order chi connectivity index (χ0) is 24.3. The Labute approximate surface area is 204 Å². The van der Waals surface area contributed by atoms with Crippen molar-refractivity contribution in [1.29, 1.82) is 0 Å². The molecular formula is C28H30N2O3S. The molecule has 4 rings (SSSR count). The van der Waals surface area contributed by atoms with Gasteiger partial charge in [0.25, 0.3) is 0 Å². The number of rotatable bonds is 8. The van der Waals surface area contributed by atoms with E-state index in [1.807, 2.05) is 110 Å². The molecule has 6 heteroatoms. The van der Waals surface area contributed by atoms with E-state index in [0.29, 0.717) is 10.6 Å². The zero-order valence-electron chi connectivity index (χ0n) is 20.0. The third-order valence-electron chi connectivity index (χ3n) is 6.07. The average molecular weight is 475 g/mol. The first kappa shape index (κ1) is 24.0. The first-order chi connectivity index (χ1) is 16.3. The number of aryl methyl sites for hydroxylation is 1. The van der Waals surface area contributed by atoms with Crippen molar-refractivity contribution in [1.82, 2.24) is 4.31 Å². The van der Waals surface area contributed by atoms with E-state index in [1.54, 1.807) is 6.92 Å². The van der Waals surface area contributed by atoms with Crippen molar-refractivity contribution in [2.75, 3.05) is 6.61 Å². The van der Waals surface area contributed by atoms with Crippen LogP contribution in [0.5, 0.6) is 0 Å². The number of esters is 1. The van der Waals surface area contributed by atoms with E-state index in [4.69, 9.17) is 9.73 Å². The molecule has 0 saturated carbocycles. The highest BCUT2D eigenvalue weighted by Crippen LogP contribution is 2.47. The van der Waals surface area contributed by atoms with Crippen molar-refractivity contribution in [3.8, 4) is 0 Å². The van der Waals surface area contributed by atoms with Crippen LogP contribution in [0.25, 0.3) is 0 Å². The van der Waals surface area contributed by atoms with E-state index in [0.717, 1.165) is 16.7 Å². The Balaban J connectivity index is 1.77. The molecule has 0 bridgehead atoms. The van der Waals surface area contributed by atoms with Gasteiger partial charge in [0, 0.05) is 16.7 Å². The summed E-state index contributed by atoms with van der Waals surface area (Å²) in [6, 6.07) is 26.1. The minimum absolute atomic E-state index is 0.255. The molecule has 1 saturated heterocycles. The Bertz CT molecular complexity index is 1150. The fourth-order valence-electron chi connectivity index (χ4n) is 4.21. The van der Waals surface area contributed by atoms with Crippen LogP contribution in [0.1, 0.15) is 37.5 Å². The summed E-state index contributed by atoms with van der Waals surface area (Å²) in [7, 11) is -1.42. The molecule has 1 aliphatic heterocycles. The molecule has 0 radical (unpaired) electrons. The largest absolute Gasteiger partial charge is 0.464 e. The van der Waals surface area contributed by atoms with Crippen molar-refractivity contribution >= 4 is 22.7 Å². The molecule has 176 valence electrons. The van der Waals surface area contributed by atoms with Gasteiger partial charge in [0.2, 0.25) is 0 Å². The Kier molecular flexibility index (Phi) is 7.10. The maximum Gasteiger partial charge on any atom is 0.332 e. The van der Waals surface area contributed by atoms with Crippen molar-refractivity contribution in [2.45, 2.75) is 50.2 Å². The van der Waals surface area contributed by atoms with Gasteiger partial charge in [-0.2, -0.15) is 0 Å². The summed E-state index contributed by atoms with van der Waals surface area (Å²) < 4.78 is 20.8. The highest BCUT2D eigenvalue weighted by molar-refractivity contribution is 7.83. The molecule has 1 unspecified atom stereocenters. The first-order valence-corrected chi connectivity index (χ1v) is 12.6. The lowest BCUT2D eigenvalue weighted by Gasteiger charge is -2.15. The lowest BCUT2D eigenvalue weighted by molar-refractivity contribution is -0.144. The van der Waals surface area contributed by atoms with Crippen LogP contribution >= 0.6 is 0 Å². The summed E-state index contributed by atoms with van der Waals surface area (Å²) in [5, 5.41) is 0. The maximum absolute atomic E-state index is 13.5. The number of ether oxygens (including phenoxy) is 1. The maximum atomic E-state index is 13.5. The van der Waals surface area contributed by atoms with Gasteiger partial charge in [-0.25, -0.2) is 13.3 Å². The number of carbonyl (C=O) groups excluding carboxylic acids is 1. The SMILES string of the molecule is CCOC(=O)[C@H](N=C(c1ccccc1)c1ccccc1)[C@H]1N([S@@](=O)c2ccc(C)cc2)C1(C)C. The molecule has 0 amide bonds. The normalized spacial score (nSPS) is 20.1. The number of hydrogen-bond donors (Lipinski definition) is 0. The summed E-state index contributed by atoms with van der Waals surface area (Å²) >= 11 is 0. The monoisotopic (exact) mass is 474 g/mol. The molecule has 1 aliphatic rings. The summed E-state index contributed by atoms with van der Waals surface area (Å²) in [5.41, 5.74) is 3.14. The molecular weight excluding hydrogens is 444 g/mol. The van der Waals surface area contributed by atoms with Crippen molar-refractivity contribution < 1.29 is 13.7 Å². The fraction of sp³-hybridized carbons (Fsp3) is 0.286. The van der Waals surface area contributed by atoms with E-state index in [9.17, 15) is 9.00 Å². The van der Waals surface area contributed by atoms with Crippen LogP contribution in [0.4, 0.5) is 0 Å². The molecule has 1 heterocycles. The Morgan fingerprint density at radius 2 is 1.50 bits per heavy atom. The average Bonchev–Trinajstić information content (AvgIpc) is 3.42. The quantitative estimate of drug-likeness (QED) is 0.264. The minimum atomic E-state index is -1.42. The van der Waals surface area contributed by atoms with Gasteiger partial charge in [0.1, 0.15) is 11.0 Å². The third kappa shape index (κ3) is 4.88. The van der Waals surface area contributed by atoms with Crippen LogP contribution in [-0.4, -0.2) is 44.4 Å². The molecule has 34 heavy (non-hydrogen) atoms. The molecule has 5 nitrogen and oxygen atoms in total. The number of carbonyl (C=O) groups is 1. The van der Waals surface area contributed by atoms with Crippen molar-refractivity contribution in [3.63, 3.8) is 0 Å². The van der Waals surface area contributed by atoms with Crippen LogP contribution in [0.3, 0.4) is 0 Å². The van der Waals surface area contributed by atoms with Gasteiger partial charge < -0.3 is 4.74 Å². The van der Waals surface area contributed by atoms with Gasteiger partial charge >= 0.3 is 5.97 Å². The Hall–Kier alpha value is -3.09. The fourth-order valence-corrected chi connectivity index (χ4v) is 5.87. The molecule has 4 atom stereocenters. The smallest absolute Gasteiger partial charge is 0.332 e. The molecule has 3 aromatic rings. The van der Waals surface area contributed by atoms with Crippen molar-refractivity contribution in [3.05, 3.63) is 102 Å². The number of hydrogen-bond acceptors (Lipinski definition) is 4. The molecule has 0 aliphatic carbocycles. The van der Waals surface area contributed by atoms with Gasteiger partial charge in [0.15, 0.2) is 6.04 Å². The van der Waals surface area contributed by atoms with Crippen LogP contribution < -0.4 is 0 Å². The standard InChI is InChI=1S/C28H30N2O3S/c1-5-33-27(31)25(26-28(3,4)30(26)34(32)23-18-16-20(2)17-19-23)29-24(21-12-8-6-9-13-21)22-14-10-7-11-15-22/h6-19,25-26H,5H2,1-4H3/t25-,26-,30?,34+/m1/s1.